The minimum Gasteiger partial charge on any atom is -0.480 e. The molecule has 0 saturated heterocycles. The van der Waals surface area contributed by atoms with Crippen molar-refractivity contribution in [3.63, 3.8) is 0 Å². The van der Waals surface area contributed by atoms with E-state index in [1.807, 2.05) is 20.8 Å². The summed E-state index contributed by atoms with van der Waals surface area (Å²) >= 11 is 0. The van der Waals surface area contributed by atoms with Crippen molar-refractivity contribution in [1.29, 1.82) is 0 Å². The molecular formula is C18H26N2O4. The van der Waals surface area contributed by atoms with Crippen LogP contribution in [0.1, 0.15) is 49.5 Å². The second-order valence-corrected chi connectivity index (χ2v) is 6.20. The molecule has 1 rings (SSSR count). The molecule has 1 aromatic carbocycles. The third kappa shape index (κ3) is 5.68. The van der Waals surface area contributed by atoms with Gasteiger partial charge < -0.3 is 15.3 Å². The number of nitrogens with one attached hydrogen (secondary N) is 1. The van der Waals surface area contributed by atoms with Crippen molar-refractivity contribution >= 4 is 17.8 Å². The van der Waals surface area contributed by atoms with Gasteiger partial charge in [-0.2, -0.15) is 0 Å². The molecule has 132 valence electrons. The molecule has 24 heavy (non-hydrogen) atoms. The van der Waals surface area contributed by atoms with Gasteiger partial charge in [-0.05, 0) is 24.1 Å². The number of rotatable bonds is 8. The molecule has 0 aromatic heterocycles. The molecule has 6 nitrogen and oxygen atoms in total. The lowest BCUT2D eigenvalue weighted by molar-refractivity contribution is -0.139. The van der Waals surface area contributed by atoms with Gasteiger partial charge in [-0.25, -0.2) is 4.79 Å². The van der Waals surface area contributed by atoms with Gasteiger partial charge in [-0.15, -0.1) is 0 Å². The molecule has 2 amide bonds. The van der Waals surface area contributed by atoms with E-state index in [2.05, 4.69) is 5.32 Å². The first kappa shape index (κ1) is 19.7. The Morgan fingerprint density at radius 2 is 1.75 bits per heavy atom. The van der Waals surface area contributed by atoms with Gasteiger partial charge in [0.1, 0.15) is 6.04 Å². The summed E-state index contributed by atoms with van der Waals surface area (Å²) in [7, 11) is 1.74. The summed E-state index contributed by atoms with van der Waals surface area (Å²) in [6.45, 7) is 6.03. The van der Waals surface area contributed by atoms with E-state index in [0.717, 1.165) is 5.56 Å². The molecule has 0 aliphatic carbocycles. The number of nitrogens with zero attached hydrogens (tertiary/aromatic N) is 1. The third-order valence-corrected chi connectivity index (χ3v) is 3.69. The van der Waals surface area contributed by atoms with Crippen molar-refractivity contribution < 1.29 is 19.5 Å². The lowest BCUT2D eigenvalue weighted by Crippen LogP contribution is -2.40. The highest BCUT2D eigenvalue weighted by molar-refractivity contribution is 5.96. The van der Waals surface area contributed by atoms with Crippen LogP contribution < -0.4 is 5.32 Å². The van der Waals surface area contributed by atoms with E-state index in [-0.39, 0.29) is 11.8 Å². The van der Waals surface area contributed by atoms with Gasteiger partial charge in [0.2, 0.25) is 5.91 Å². The average molecular weight is 334 g/mol. The zero-order valence-corrected chi connectivity index (χ0v) is 14.7. The smallest absolute Gasteiger partial charge is 0.326 e. The van der Waals surface area contributed by atoms with E-state index in [1.54, 1.807) is 36.2 Å². The van der Waals surface area contributed by atoms with Crippen LogP contribution in [-0.2, 0) is 16.1 Å². The molecule has 0 fully saturated rings. The molecule has 0 bridgehead atoms. The predicted molar refractivity (Wildman–Crippen MR) is 91.6 cm³/mol. The molecule has 0 saturated carbocycles. The number of hydrogen-bond donors (Lipinski definition) is 2. The highest BCUT2D eigenvalue weighted by Crippen LogP contribution is 2.10. The maximum atomic E-state index is 12.1. The quantitative estimate of drug-likeness (QED) is 0.763. The van der Waals surface area contributed by atoms with Crippen molar-refractivity contribution in [2.45, 2.75) is 46.2 Å². The summed E-state index contributed by atoms with van der Waals surface area (Å²) < 4.78 is 0. The first-order valence-electron chi connectivity index (χ1n) is 8.13. The zero-order chi connectivity index (χ0) is 18.3. The first-order chi connectivity index (χ1) is 11.3. The molecule has 6 heteroatoms. The van der Waals surface area contributed by atoms with Crippen LogP contribution in [-0.4, -0.2) is 40.9 Å². The van der Waals surface area contributed by atoms with Crippen LogP contribution in [0.15, 0.2) is 24.3 Å². The van der Waals surface area contributed by atoms with Gasteiger partial charge in [0.25, 0.3) is 5.91 Å². The number of benzene rings is 1. The molecule has 0 radical (unpaired) electrons. The van der Waals surface area contributed by atoms with Gasteiger partial charge in [-0.3, -0.25) is 9.59 Å². The van der Waals surface area contributed by atoms with Crippen molar-refractivity contribution in [3.8, 4) is 0 Å². The van der Waals surface area contributed by atoms with Crippen molar-refractivity contribution in [2.75, 3.05) is 7.05 Å². The largest absolute Gasteiger partial charge is 0.480 e. The number of carboxylic acid groups (broad SMARTS) is 1. The van der Waals surface area contributed by atoms with Crippen LogP contribution in [0.25, 0.3) is 0 Å². The summed E-state index contributed by atoms with van der Waals surface area (Å²) in [4.78, 5) is 36.7. The maximum absolute atomic E-state index is 12.1. The molecule has 0 spiro atoms. The molecule has 1 atom stereocenters. The van der Waals surface area contributed by atoms with E-state index in [1.165, 1.54) is 0 Å². The van der Waals surface area contributed by atoms with Gasteiger partial charge >= 0.3 is 5.97 Å². The highest BCUT2D eigenvalue weighted by atomic mass is 16.4. The summed E-state index contributed by atoms with van der Waals surface area (Å²) in [5, 5.41) is 11.6. The topological polar surface area (TPSA) is 86.7 Å². The van der Waals surface area contributed by atoms with Crippen LogP contribution in [0.2, 0.25) is 0 Å². The van der Waals surface area contributed by atoms with Crippen molar-refractivity contribution in [3.05, 3.63) is 35.4 Å². The number of carbonyl (C=O) groups excluding carboxylic acids is 2. The molecule has 0 aliphatic rings. The fourth-order valence-corrected chi connectivity index (χ4v) is 2.34. The fourth-order valence-electron chi connectivity index (χ4n) is 2.34. The monoisotopic (exact) mass is 334 g/mol. The lowest BCUT2D eigenvalue weighted by Gasteiger charge is -2.19. The summed E-state index contributed by atoms with van der Waals surface area (Å²) in [5.74, 6) is -1.45. The van der Waals surface area contributed by atoms with E-state index < -0.39 is 17.9 Å². The Kier molecular flexibility index (Phi) is 7.42. The van der Waals surface area contributed by atoms with E-state index in [0.29, 0.717) is 24.9 Å². The first-order valence-corrected chi connectivity index (χ1v) is 8.13. The van der Waals surface area contributed by atoms with E-state index in [4.69, 9.17) is 5.11 Å². The minimum atomic E-state index is -1.03. The fraction of sp³-hybridized carbons (Fsp3) is 0.500. The molecule has 0 aliphatic heterocycles. The molecule has 0 heterocycles. The third-order valence-electron chi connectivity index (χ3n) is 3.69. The Morgan fingerprint density at radius 3 is 2.21 bits per heavy atom. The zero-order valence-electron chi connectivity index (χ0n) is 14.7. The van der Waals surface area contributed by atoms with Crippen LogP contribution in [0.3, 0.4) is 0 Å². The second-order valence-electron chi connectivity index (χ2n) is 6.20. The van der Waals surface area contributed by atoms with Crippen molar-refractivity contribution in [1.82, 2.24) is 10.2 Å². The van der Waals surface area contributed by atoms with E-state index in [9.17, 15) is 14.4 Å². The summed E-state index contributed by atoms with van der Waals surface area (Å²) in [6.07, 6.45) is 1.06. The van der Waals surface area contributed by atoms with Crippen LogP contribution >= 0.6 is 0 Å². The van der Waals surface area contributed by atoms with Gasteiger partial charge in [0.05, 0.1) is 0 Å². The van der Waals surface area contributed by atoms with Crippen molar-refractivity contribution in [2.24, 2.45) is 5.92 Å². The average Bonchev–Trinajstić information content (AvgIpc) is 2.53. The number of aliphatic carboxylic acids is 1. The Balaban J connectivity index is 2.71. The number of carboxylic acids is 1. The normalized spacial score (nSPS) is 11.9. The number of carbonyl (C=O) groups is 3. The number of hydrogen-bond acceptors (Lipinski definition) is 3. The Labute approximate surface area is 142 Å². The Morgan fingerprint density at radius 1 is 1.17 bits per heavy atom. The summed E-state index contributed by atoms with van der Waals surface area (Å²) in [6, 6.07) is 5.95. The Hall–Kier alpha value is -2.37. The SMILES string of the molecule is CCCC(NC(=O)c1ccc(CN(C)C(=O)C(C)C)cc1)C(=O)O. The van der Waals surface area contributed by atoms with Gasteiger partial charge in [0, 0.05) is 25.1 Å². The second kappa shape index (κ2) is 9.05. The molecule has 2 N–H and O–H groups in total. The minimum absolute atomic E-state index is 0.0562. The Bertz CT molecular complexity index is 581. The van der Waals surface area contributed by atoms with Crippen LogP contribution in [0, 0.1) is 5.92 Å². The molecule has 1 unspecified atom stereocenters. The molecular weight excluding hydrogens is 308 g/mol. The van der Waals surface area contributed by atoms with Gasteiger partial charge in [-0.1, -0.05) is 39.3 Å². The van der Waals surface area contributed by atoms with Crippen LogP contribution in [0.5, 0.6) is 0 Å². The van der Waals surface area contributed by atoms with Crippen LogP contribution in [0.4, 0.5) is 0 Å². The lowest BCUT2D eigenvalue weighted by atomic mass is 10.1. The number of amides is 2. The highest BCUT2D eigenvalue weighted by Gasteiger charge is 2.19. The predicted octanol–water partition coefficient (Wildman–Crippen LogP) is 2.28. The standard InChI is InChI=1S/C18H26N2O4/c1-5-6-15(18(23)24)19-16(21)14-9-7-13(8-10-14)11-20(4)17(22)12(2)3/h7-10,12,15H,5-6,11H2,1-4H3,(H,19,21)(H,23,24). The summed E-state index contributed by atoms with van der Waals surface area (Å²) in [5.41, 5.74) is 1.31. The maximum Gasteiger partial charge on any atom is 0.326 e. The van der Waals surface area contributed by atoms with E-state index >= 15 is 0 Å². The van der Waals surface area contributed by atoms with Gasteiger partial charge in [0.15, 0.2) is 0 Å². The molecule has 1 aromatic rings.